The number of nitrogens with one attached hydrogen (secondary N) is 2. The van der Waals surface area contributed by atoms with Crippen molar-refractivity contribution in [3.8, 4) is 11.8 Å². The first-order chi connectivity index (χ1) is 12.3. The molecule has 0 aromatic heterocycles. The summed E-state index contributed by atoms with van der Waals surface area (Å²) in [6.45, 7) is 6.01. The Kier molecular flexibility index (Phi) is 6.26. The molecule has 0 aliphatic carbocycles. The Bertz CT molecular complexity index is 638. The van der Waals surface area contributed by atoms with Crippen LogP contribution in [0.5, 0.6) is 0 Å². The molecule has 1 spiro atoms. The largest absolute Gasteiger partial charge is 0.481 e. The summed E-state index contributed by atoms with van der Waals surface area (Å²) in [5, 5.41) is 25.4. The summed E-state index contributed by atoms with van der Waals surface area (Å²) in [7, 11) is 0. The highest BCUT2D eigenvalue weighted by Gasteiger charge is 2.58. The van der Waals surface area contributed by atoms with E-state index >= 15 is 0 Å². The van der Waals surface area contributed by atoms with E-state index in [2.05, 4.69) is 22.5 Å². The van der Waals surface area contributed by atoms with Crippen LogP contribution in [0.25, 0.3) is 0 Å². The lowest BCUT2D eigenvalue weighted by Crippen LogP contribution is -2.77. The second kappa shape index (κ2) is 8.06. The lowest BCUT2D eigenvalue weighted by atomic mass is 9.72. The van der Waals surface area contributed by atoms with Crippen molar-refractivity contribution in [1.29, 1.82) is 0 Å². The number of hydrogen-bond acceptors (Lipinski definition) is 5. The average molecular weight is 365 g/mol. The summed E-state index contributed by atoms with van der Waals surface area (Å²) < 4.78 is 0. The zero-order chi connectivity index (χ0) is 19.5. The van der Waals surface area contributed by atoms with Crippen LogP contribution in [-0.2, 0) is 14.4 Å². The molecule has 8 nitrogen and oxygen atoms in total. The van der Waals surface area contributed by atoms with Crippen LogP contribution in [0.2, 0.25) is 0 Å². The van der Waals surface area contributed by atoms with Crippen molar-refractivity contribution in [1.82, 2.24) is 15.5 Å². The summed E-state index contributed by atoms with van der Waals surface area (Å²) in [5.41, 5.74) is -1.27. The lowest BCUT2D eigenvalue weighted by molar-refractivity contribution is -0.168. The minimum absolute atomic E-state index is 0.0280. The van der Waals surface area contributed by atoms with Gasteiger partial charge in [-0.3, -0.25) is 14.4 Å². The van der Waals surface area contributed by atoms with Crippen molar-refractivity contribution in [3.63, 3.8) is 0 Å². The number of hydrogen-bond donors (Lipinski definition) is 4. The van der Waals surface area contributed by atoms with Gasteiger partial charge < -0.3 is 25.7 Å². The normalized spacial score (nSPS) is 30.0. The molecule has 0 bridgehead atoms. The number of carboxylic acid groups (broad SMARTS) is 1. The molecule has 2 unspecified atom stereocenters. The second-order valence-electron chi connectivity index (χ2n) is 7.21. The van der Waals surface area contributed by atoms with Crippen molar-refractivity contribution >= 4 is 17.8 Å². The second-order valence-corrected chi connectivity index (χ2v) is 7.21. The number of piperidine rings is 1. The summed E-state index contributed by atoms with van der Waals surface area (Å²) in [5.74, 6) is 2.91. The monoisotopic (exact) mass is 365 g/mol. The number of carbonyl (C=O) groups excluding carboxylic acids is 2. The van der Waals surface area contributed by atoms with E-state index in [1.54, 1.807) is 20.8 Å². The Balaban J connectivity index is 2.48. The molecule has 0 radical (unpaired) electrons. The Labute approximate surface area is 153 Å². The van der Waals surface area contributed by atoms with Crippen LogP contribution in [0, 0.1) is 23.7 Å². The fourth-order valence-corrected chi connectivity index (χ4v) is 3.84. The van der Waals surface area contributed by atoms with Crippen LogP contribution in [-0.4, -0.2) is 70.2 Å². The van der Waals surface area contributed by atoms with Gasteiger partial charge in [0, 0.05) is 12.5 Å². The zero-order valence-corrected chi connectivity index (χ0v) is 15.4. The van der Waals surface area contributed by atoms with Crippen molar-refractivity contribution in [2.45, 2.75) is 51.3 Å². The molecule has 2 rings (SSSR count). The van der Waals surface area contributed by atoms with E-state index in [0.29, 0.717) is 19.5 Å². The minimum Gasteiger partial charge on any atom is -0.481 e. The number of aliphatic hydroxyl groups is 1. The van der Waals surface area contributed by atoms with E-state index in [9.17, 15) is 24.6 Å². The summed E-state index contributed by atoms with van der Waals surface area (Å²) in [6, 6.07) is -1.05. The van der Waals surface area contributed by atoms with Gasteiger partial charge >= 0.3 is 5.97 Å². The minimum atomic E-state index is -1.27. The summed E-state index contributed by atoms with van der Waals surface area (Å²) in [4.78, 5) is 39.0. The molecule has 0 aromatic rings. The molecule has 2 amide bonds. The van der Waals surface area contributed by atoms with Gasteiger partial charge in [-0.1, -0.05) is 19.8 Å². The molecule has 4 N–H and O–H groups in total. The van der Waals surface area contributed by atoms with Gasteiger partial charge in [0.25, 0.3) is 0 Å². The fraction of sp³-hybridized carbons (Fsp3) is 0.722. The van der Waals surface area contributed by atoms with E-state index in [1.807, 2.05) is 0 Å². The highest BCUT2D eigenvalue weighted by atomic mass is 16.4. The number of piperazine rings is 1. The highest BCUT2D eigenvalue weighted by Crippen LogP contribution is 2.37. The maximum atomic E-state index is 13.1. The van der Waals surface area contributed by atoms with Crippen molar-refractivity contribution in [3.05, 3.63) is 0 Å². The highest BCUT2D eigenvalue weighted by molar-refractivity contribution is 6.01. The maximum Gasteiger partial charge on any atom is 0.303 e. The van der Waals surface area contributed by atoms with Crippen molar-refractivity contribution in [2.24, 2.45) is 11.8 Å². The molecule has 2 saturated heterocycles. The van der Waals surface area contributed by atoms with Gasteiger partial charge in [0.1, 0.15) is 11.6 Å². The third-order valence-corrected chi connectivity index (χ3v) is 5.30. The Morgan fingerprint density at radius 1 is 1.42 bits per heavy atom. The van der Waals surface area contributed by atoms with Crippen LogP contribution < -0.4 is 10.6 Å². The number of aliphatic carboxylic acids is 1. The quantitative estimate of drug-likeness (QED) is 0.473. The molecule has 144 valence electrons. The third kappa shape index (κ3) is 3.55. The summed E-state index contributed by atoms with van der Waals surface area (Å²) in [6.07, 6.45) is -0.958. The van der Waals surface area contributed by atoms with Gasteiger partial charge in [-0.15, -0.1) is 5.92 Å². The molecule has 4 atom stereocenters. The maximum absolute atomic E-state index is 13.1. The van der Waals surface area contributed by atoms with Crippen molar-refractivity contribution < 1.29 is 24.6 Å². The lowest BCUT2D eigenvalue weighted by Gasteiger charge is -2.53. The van der Waals surface area contributed by atoms with Crippen molar-refractivity contribution in [2.75, 3.05) is 19.6 Å². The molecule has 8 heteroatoms. The standard InChI is InChI=1S/C18H27N3O5/c1-4-5-8-21-16(25)14(15(24)11(2)3)20-17(26)18(21)6-7-19-10-12(18)9-13(22)23/h11-12,14-15,19,24H,6-10H2,1-3H3,(H,20,26)(H,22,23)/t12?,14-,15-,18?/m1/s1. The molecule has 2 aliphatic rings. The van der Waals surface area contributed by atoms with Gasteiger partial charge in [0.2, 0.25) is 11.8 Å². The molecular formula is C18H27N3O5. The SMILES string of the molecule is CC#CCN1C(=O)[C@@H]([C@H](O)C(C)C)NC(=O)C12CCNCC2CC(=O)O. The molecule has 2 fully saturated rings. The van der Waals surface area contributed by atoms with Gasteiger partial charge in [0.15, 0.2) is 0 Å². The predicted octanol–water partition coefficient (Wildman–Crippen LogP) is -0.823. The zero-order valence-electron chi connectivity index (χ0n) is 15.4. The first kappa shape index (κ1) is 20.2. The number of carboxylic acids is 1. The van der Waals surface area contributed by atoms with Gasteiger partial charge in [-0.2, -0.15) is 0 Å². The third-order valence-electron chi connectivity index (χ3n) is 5.30. The van der Waals surface area contributed by atoms with E-state index in [4.69, 9.17) is 0 Å². The number of amides is 2. The molecule has 2 aliphatic heterocycles. The van der Waals surface area contributed by atoms with Crippen LogP contribution in [0.1, 0.15) is 33.6 Å². The number of carbonyl (C=O) groups is 3. The molecule has 2 heterocycles. The number of rotatable bonds is 5. The van der Waals surface area contributed by atoms with Crippen LogP contribution >= 0.6 is 0 Å². The molecular weight excluding hydrogens is 338 g/mol. The van der Waals surface area contributed by atoms with Crippen LogP contribution in [0.4, 0.5) is 0 Å². The van der Waals surface area contributed by atoms with E-state index < -0.39 is 41.4 Å². The summed E-state index contributed by atoms with van der Waals surface area (Å²) >= 11 is 0. The molecule has 0 saturated carbocycles. The van der Waals surface area contributed by atoms with Gasteiger partial charge in [-0.05, 0) is 25.8 Å². The van der Waals surface area contributed by atoms with Crippen LogP contribution in [0.15, 0.2) is 0 Å². The molecule has 26 heavy (non-hydrogen) atoms. The first-order valence-corrected chi connectivity index (χ1v) is 8.88. The predicted molar refractivity (Wildman–Crippen MR) is 93.9 cm³/mol. The van der Waals surface area contributed by atoms with E-state index in [-0.39, 0.29) is 18.9 Å². The molecule has 0 aromatic carbocycles. The van der Waals surface area contributed by atoms with Gasteiger partial charge in [0.05, 0.1) is 19.1 Å². The van der Waals surface area contributed by atoms with Crippen LogP contribution in [0.3, 0.4) is 0 Å². The van der Waals surface area contributed by atoms with E-state index in [0.717, 1.165) is 0 Å². The van der Waals surface area contributed by atoms with E-state index in [1.165, 1.54) is 4.90 Å². The first-order valence-electron chi connectivity index (χ1n) is 8.88. The Morgan fingerprint density at radius 2 is 2.12 bits per heavy atom. The number of aliphatic hydroxyl groups excluding tert-OH is 1. The average Bonchev–Trinajstić information content (AvgIpc) is 2.58. The smallest absolute Gasteiger partial charge is 0.303 e. The fourth-order valence-electron chi connectivity index (χ4n) is 3.84. The Hall–Kier alpha value is -2.11. The topological polar surface area (TPSA) is 119 Å². The number of nitrogens with zero attached hydrogens (tertiary/aromatic N) is 1. The van der Waals surface area contributed by atoms with Gasteiger partial charge in [-0.25, -0.2) is 0 Å². The Morgan fingerprint density at radius 3 is 2.69 bits per heavy atom.